The number of pyridine rings is 1. The average Bonchev–Trinajstić information content (AvgIpc) is 3.44. The standard InChI is InChI=1S/C19H27N5O2/c1-2-9-21-18(25)22-11-4-5-15(13-22)24-17-16(6-3-10-20-17)23(19(24)26)12-14-7-8-14/h3,6,10,14-15H,2,4-5,7-9,11-13H2,1H3,(H,21,25)/t15-/m0/s1. The number of nitrogens with one attached hydrogen (secondary N) is 1. The quantitative estimate of drug-likeness (QED) is 0.893. The third-order valence-electron chi connectivity index (χ3n) is 5.43. The molecule has 1 saturated heterocycles. The molecule has 0 bridgehead atoms. The summed E-state index contributed by atoms with van der Waals surface area (Å²) in [5, 5.41) is 2.94. The van der Waals surface area contributed by atoms with Crippen LogP contribution >= 0.6 is 0 Å². The van der Waals surface area contributed by atoms with Crippen LogP contribution in [-0.2, 0) is 6.54 Å². The Kier molecular flexibility index (Phi) is 4.70. The lowest BCUT2D eigenvalue weighted by molar-refractivity contribution is 0.166. The Morgan fingerprint density at radius 1 is 1.35 bits per heavy atom. The van der Waals surface area contributed by atoms with Crippen LogP contribution in [0, 0.1) is 5.92 Å². The van der Waals surface area contributed by atoms with Crippen molar-refractivity contribution in [2.45, 2.75) is 51.6 Å². The topological polar surface area (TPSA) is 72.2 Å². The van der Waals surface area contributed by atoms with E-state index in [1.54, 1.807) is 6.20 Å². The van der Waals surface area contributed by atoms with Gasteiger partial charge in [-0.15, -0.1) is 0 Å². The van der Waals surface area contributed by atoms with Crippen LogP contribution in [0.2, 0.25) is 0 Å². The van der Waals surface area contributed by atoms with Crippen molar-refractivity contribution >= 4 is 17.2 Å². The molecule has 4 rings (SSSR count). The Morgan fingerprint density at radius 2 is 2.19 bits per heavy atom. The molecule has 0 spiro atoms. The van der Waals surface area contributed by atoms with Crippen LogP contribution in [0.1, 0.15) is 45.1 Å². The van der Waals surface area contributed by atoms with E-state index in [9.17, 15) is 9.59 Å². The van der Waals surface area contributed by atoms with E-state index in [0.717, 1.165) is 43.5 Å². The molecule has 2 aromatic heterocycles. The van der Waals surface area contributed by atoms with E-state index in [0.29, 0.717) is 19.0 Å². The molecule has 2 aliphatic rings. The van der Waals surface area contributed by atoms with Gasteiger partial charge in [0.2, 0.25) is 0 Å². The molecule has 0 aromatic carbocycles. The summed E-state index contributed by atoms with van der Waals surface area (Å²) in [6.45, 7) is 4.81. The number of rotatable bonds is 5. The van der Waals surface area contributed by atoms with Crippen molar-refractivity contribution in [1.82, 2.24) is 24.3 Å². The maximum absolute atomic E-state index is 13.2. The fourth-order valence-electron chi connectivity index (χ4n) is 3.87. The van der Waals surface area contributed by atoms with Gasteiger partial charge in [0, 0.05) is 32.4 Å². The first-order valence-electron chi connectivity index (χ1n) is 9.77. The molecule has 0 unspecified atom stereocenters. The van der Waals surface area contributed by atoms with Crippen LogP contribution in [0.25, 0.3) is 11.2 Å². The van der Waals surface area contributed by atoms with Gasteiger partial charge in [0.15, 0.2) is 5.65 Å². The van der Waals surface area contributed by atoms with Gasteiger partial charge >= 0.3 is 11.7 Å². The number of urea groups is 1. The number of carbonyl (C=O) groups excluding carboxylic acids is 1. The molecule has 1 atom stereocenters. The van der Waals surface area contributed by atoms with E-state index in [1.807, 2.05) is 33.1 Å². The number of amides is 2. The Hall–Kier alpha value is -2.31. The Labute approximate surface area is 153 Å². The van der Waals surface area contributed by atoms with E-state index in [2.05, 4.69) is 10.3 Å². The van der Waals surface area contributed by atoms with Crippen LogP contribution in [0.4, 0.5) is 4.79 Å². The second-order valence-corrected chi connectivity index (χ2v) is 7.53. The molecule has 26 heavy (non-hydrogen) atoms. The van der Waals surface area contributed by atoms with Crippen molar-refractivity contribution in [3.63, 3.8) is 0 Å². The summed E-state index contributed by atoms with van der Waals surface area (Å²) in [7, 11) is 0. The fourth-order valence-corrected chi connectivity index (χ4v) is 3.87. The van der Waals surface area contributed by atoms with Crippen LogP contribution in [-0.4, -0.2) is 44.7 Å². The minimum atomic E-state index is -0.0284. The van der Waals surface area contributed by atoms with Crippen molar-refractivity contribution in [2.75, 3.05) is 19.6 Å². The van der Waals surface area contributed by atoms with Gasteiger partial charge in [0.25, 0.3) is 0 Å². The first kappa shape index (κ1) is 17.1. The third kappa shape index (κ3) is 3.22. The molecule has 0 radical (unpaired) electrons. The van der Waals surface area contributed by atoms with Gasteiger partial charge < -0.3 is 10.2 Å². The molecule has 2 amide bonds. The lowest BCUT2D eigenvalue weighted by atomic mass is 10.1. The summed E-state index contributed by atoms with van der Waals surface area (Å²) >= 11 is 0. The zero-order valence-corrected chi connectivity index (χ0v) is 15.4. The summed E-state index contributed by atoms with van der Waals surface area (Å²) in [5.74, 6) is 0.620. The number of hydrogen-bond donors (Lipinski definition) is 1. The molecule has 7 heteroatoms. The normalized spacial score (nSPS) is 20.5. The Morgan fingerprint density at radius 3 is 2.96 bits per heavy atom. The van der Waals surface area contributed by atoms with Crippen LogP contribution in [0.15, 0.2) is 23.1 Å². The van der Waals surface area contributed by atoms with Crippen LogP contribution in [0.5, 0.6) is 0 Å². The Balaban J connectivity index is 1.64. The number of carbonyl (C=O) groups is 1. The van der Waals surface area contributed by atoms with Gasteiger partial charge in [-0.1, -0.05) is 6.92 Å². The van der Waals surface area contributed by atoms with Crippen molar-refractivity contribution in [3.8, 4) is 0 Å². The number of fused-ring (bicyclic) bond motifs is 1. The molecule has 1 saturated carbocycles. The van der Waals surface area contributed by atoms with Crippen LogP contribution < -0.4 is 11.0 Å². The first-order valence-corrected chi connectivity index (χ1v) is 9.77. The van der Waals surface area contributed by atoms with Crippen molar-refractivity contribution in [1.29, 1.82) is 0 Å². The summed E-state index contributed by atoms with van der Waals surface area (Å²) < 4.78 is 3.72. The first-order chi connectivity index (χ1) is 12.7. The molecule has 7 nitrogen and oxygen atoms in total. The molecular formula is C19H27N5O2. The highest BCUT2D eigenvalue weighted by Crippen LogP contribution is 2.32. The monoisotopic (exact) mass is 357 g/mol. The zero-order valence-electron chi connectivity index (χ0n) is 15.4. The van der Waals surface area contributed by atoms with Crippen molar-refractivity contribution in [3.05, 3.63) is 28.8 Å². The SMILES string of the molecule is CCCNC(=O)N1CCC[C@H](n2c(=O)n(CC3CC3)c3cccnc32)C1. The van der Waals surface area contributed by atoms with Gasteiger partial charge in [-0.2, -0.15) is 0 Å². The van der Waals surface area contributed by atoms with Gasteiger partial charge in [-0.25, -0.2) is 14.6 Å². The second kappa shape index (κ2) is 7.13. The average molecular weight is 357 g/mol. The minimum absolute atomic E-state index is 0.0125. The predicted octanol–water partition coefficient (Wildman–Crippen LogP) is 2.36. The predicted molar refractivity (Wildman–Crippen MR) is 100 cm³/mol. The lowest BCUT2D eigenvalue weighted by Gasteiger charge is -2.33. The highest BCUT2D eigenvalue weighted by atomic mass is 16.2. The molecule has 1 N–H and O–H groups in total. The highest BCUT2D eigenvalue weighted by molar-refractivity contribution is 5.74. The van der Waals surface area contributed by atoms with Gasteiger partial charge in [0.1, 0.15) is 0 Å². The summed E-state index contributed by atoms with van der Waals surface area (Å²) in [6, 6.07) is 3.83. The number of piperidine rings is 1. The molecule has 140 valence electrons. The van der Waals surface area contributed by atoms with Gasteiger partial charge in [-0.3, -0.25) is 9.13 Å². The second-order valence-electron chi connectivity index (χ2n) is 7.53. The van der Waals surface area contributed by atoms with E-state index < -0.39 is 0 Å². The number of likely N-dealkylation sites (tertiary alicyclic amines) is 1. The summed E-state index contributed by atoms with van der Waals surface area (Å²) in [5.41, 5.74) is 1.68. The minimum Gasteiger partial charge on any atom is -0.338 e. The maximum Gasteiger partial charge on any atom is 0.330 e. The van der Waals surface area contributed by atoms with Crippen LogP contribution in [0.3, 0.4) is 0 Å². The zero-order chi connectivity index (χ0) is 18.1. The van der Waals surface area contributed by atoms with E-state index >= 15 is 0 Å². The molecule has 1 aliphatic carbocycles. The Bertz CT molecular complexity index is 851. The molecular weight excluding hydrogens is 330 g/mol. The van der Waals surface area contributed by atoms with E-state index in [4.69, 9.17) is 0 Å². The number of nitrogens with zero attached hydrogens (tertiary/aromatic N) is 4. The molecule has 2 fully saturated rings. The van der Waals surface area contributed by atoms with Crippen molar-refractivity contribution in [2.24, 2.45) is 5.92 Å². The fraction of sp³-hybridized carbons (Fsp3) is 0.632. The number of aromatic nitrogens is 3. The molecule has 2 aromatic rings. The molecule has 3 heterocycles. The van der Waals surface area contributed by atoms with Crippen molar-refractivity contribution < 1.29 is 4.79 Å². The van der Waals surface area contributed by atoms with E-state index in [-0.39, 0.29) is 17.8 Å². The van der Waals surface area contributed by atoms with E-state index in [1.165, 1.54) is 12.8 Å². The largest absolute Gasteiger partial charge is 0.338 e. The number of hydrogen-bond acceptors (Lipinski definition) is 3. The van der Waals surface area contributed by atoms with Gasteiger partial charge in [-0.05, 0) is 50.2 Å². The maximum atomic E-state index is 13.2. The third-order valence-corrected chi connectivity index (χ3v) is 5.43. The lowest BCUT2D eigenvalue weighted by Crippen LogP contribution is -2.47. The summed E-state index contributed by atoms with van der Waals surface area (Å²) in [4.78, 5) is 31.9. The summed E-state index contributed by atoms with van der Waals surface area (Å²) in [6.07, 6.45) is 6.87. The van der Waals surface area contributed by atoms with Gasteiger partial charge in [0.05, 0.1) is 11.6 Å². The number of imidazole rings is 1. The smallest absolute Gasteiger partial charge is 0.330 e. The highest BCUT2D eigenvalue weighted by Gasteiger charge is 2.30. The molecule has 1 aliphatic heterocycles.